The van der Waals surface area contributed by atoms with E-state index in [9.17, 15) is 4.79 Å². The minimum Gasteiger partial charge on any atom is -0.380 e. The largest absolute Gasteiger partial charge is 0.380 e. The number of carbonyl (C=O) groups is 1. The highest BCUT2D eigenvalue weighted by molar-refractivity contribution is 7.17. The summed E-state index contributed by atoms with van der Waals surface area (Å²) in [5, 5.41) is 5.04. The molecule has 5 heteroatoms. The van der Waals surface area contributed by atoms with Crippen LogP contribution in [0.2, 0.25) is 0 Å². The first-order valence-electron chi connectivity index (χ1n) is 7.03. The molecule has 1 amide bonds. The van der Waals surface area contributed by atoms with E-state index < -0.39 is 0 Å². The van der Waals surface area contributed by atoms with Crippen LogP contribution >= 0.6 is 11.3 Å². The van der Waals surface area contributed by atoms with E-state index in [4.69, 9.17) is 4.74 Å². The number of ether oxygens (including phenoxy) is 1. The lowest BCUT2D eigenvalue weighted by Crippen LogP contribution is -2.16. The molecule has 3 aromatic rings. The fourth-order valence-electron chi connectivity index (χ4n) is 2.59. The Hall–Kier alpha value is -2.11. The first kappa shape index (κ1) is 14.8. The Morgan fingerprint density at radius 1 is 1.36 bits per heavy atom. The second kappa shape index (κ2) is 5.94. The van der Waals surface area contributed by atoms with Gasteiger partial charge in [-0.05, 0) is 41.6 Å². The van der Waals surface area contributed by atoms with Crippen molar-refractivity contribution in [1.29, 1.82) is 0 Å². The number of thiophene rings is 1. The topological polar surface area (TPSA) is 43.3 Å². The van der Waals surface area contributed by atoms with Crippen LogP contribution in [0.5, 0.6) is 0 Å². The van der Waals surface area contributed by atoms with Gasteiger partial charge in [0.2, 0.25) is 0 Å². The van der Waals surface area contributed by atoms with E-state index in [1.165, 1.54) is 0 Å². The van der Waals surface area contributed by atoms with Crippen LogP contribution in [0.4, 0.5) is 5.69 Å². The van der Waals surface area contributed by atoms with Crippen molar-refractivity contribution in [3.05, 3.63) is 52.5 Å². The molecule has 0 fully saturated rings. The lowest BCUT2D eigenvalue weighted by Gasteiger charge is -2.12. The third-order valence-corrected chi connectivity index (χ3v) is 4.74. The number of nitrogens with zero attached hydrogens (tertiary/aromatic N) is 1. The summed E-state index contributed by atoms with van der Waals surface area (Å²) in [7, 11) is 3.58. The third kappa shape index (κ3) is 2.53. The normalized spacial score (nSPS) is 11.0. The first-order valence-corrected chi connectivity index (χ1v) is 7.91. The summed E-state index contributed by atoms with van der Waals surface area (Å²) in [6.07, 6.45) is 0. The zero-order valence-electron chi connectivity index (χ0n) is 12.8. The number of methoxy groups -OCH3 is 1. The van der Waals surface area contributed by atoms with Gasteiger partial charge in [-0.15, -0.1) is 11.3 Å². The smallest absolute Gasteiger partial charge is 0.272 e. The lowest BCUT2D eigenvalue weighted by atomic mass is 10.1. The molecule has 0 aliphatic rings. The number of nitrogens with one attached hydrogen (secondary N) is 1. The number of benzene rings is 1. The van der Waals surface area contributed by atoms with Crippen LogP contribution in [0, 0.1) is 6.92 Å². The van der Waals surface area contributed by atoms with Crippen molar-refractivity contribution < 1.29 is 9.53 Å². The van der Waals surface area contributed by atoms with Gasteiger partial charge >= 0.3 is 0 Å². The van der Waals surface area contributed by atoms with Crippen molar-refractivity contribution in [2.75, 3.05) is 12.4 Å². The predicted octanol–water partition coefficient (Wildman–Crippen LogP) is 3.95. The summed E-state index contributed by atoms with van der Waals surface area (Å²) in [6.45, 7) is 2.53. The fourth-order valence-corrected chi connectivity index (χ4v) is 3.43. The molecule has 2 heterocycles. The molecule has 0 bridgehead atoms. The van der Waals surface area contributed by atoms with Crippen LogP contribution < -0.4 is 5.32 Å². The van der Waals surface area contributed by atoms with Crippen LogP contribution in [0.25, 0.3) is 10.2 Å². The molecule has 1 aromatic carbocycles. The number of aryl methyl sites for hydroxylation is 1. The zero-order valence-corrected chi connectivity index (χ0v) is 13.7. The van der Waals surface area contributed by atoms with Crippen molar-refractivity contribution in [1.82, 2.24) is 4.57 Å². The number of aromatic nitrogens is 1. The van der Waals surface area contributed by atoms with Crippen molar-refractivity contribution in [2.24, 2.45) is 7.05 Å². The number of anilines is 1. The van der Waals surface area contributed by atoms with Gasteiger partial charge in [0.15, 0.2) is 0 Å². The number of amides is 1. The van der Waals surface area contributed by atoms with Gasteiger partial charge in [-0.2, -0.15) is 0 Å². The molecular formula is C17H18N2O2S. The molecule has 0 aliphatic carbocycles. The molecule has 2 aromatic heterocycles. The highest BCUT2D eigenvalue weighted by Crippen LogP contribution is 2.25. The van der Waals surface area contributed by atoms with Crippen LogP contribution in [-0.2, 0) is 18.4 Å². The van der Waals surface area contributed by atoms with E-state index in [0.717, 1.165) is 27.0 Å². The number of rotatable bonds is 4. The summed E-state index contributed by atoms with van der Waals surface area (Å²) in [5.41, 5.74) is 4.68. The van der Waals surface area contributed by atoms with Crippen molar-refractivity contribution in [2.45, 2.75) is 13.5 Å². The second-order valence-corrected chi connectivity index (χ2v) is 6.18. The summed E-state index contributed by atoms with van der Waals surface area (Å²) < 4.78 is 8.24. The predicted molar refractivity (Wildman–Crippen MR) is 90.6 cm³/mol. The molecular weight excluding hydrogens is 296 g/mol. The minimum atomic E-state index is -0.0939. The van der Waals surface area contributed by atoms with Crippen molar-refractivity contribution in [3.8, 4) is 0 Å². The molecule has 0 saturated heterocycles. The van der Waals surface area contributed by atoms with E-state index in [0.29, 0.717) is 12.3 Å². The average molecular weight is 314 g/mol. The molecule has 114 valence electrons. The van der Waals surface area contributed by atoms with Gasteiger partial charge in [0.05, 0.1) is 16.8 Å². The van der Waals surface area contributed by atoms with Crippen molar-refractivity contribution >= 4 is 33.1 Å². The van der Waals surface area contributed by atoms with Gasteiger partial charge < -0.3 is 14.6 Å². The van der Waals surface area contributed by atoms with Gasteiger partial charge in [0.25, 0.3) is 5.91 Å². The maximum absolute atomic E-state index is 12.6. The number of hydrogen-bond acceptors (Lipinski definition) is 3. The molecule has 0 spiro atoms. The Kier molecular flexibility index (Phi) is 4.00. The van der Waals surface area contributed by atoms with E-state index >= 15 is 0 Å². The molecule has 0 unspecified atom stereocenters. The molecule has 0 saturated carbocycles. The Labute approximate surface area is 133 Å². The number of fused-ring (bicyclic) bond motifs is 1. The minimum absolute atomic E-state index is 0.0939. The maximum Gasteiger partial charge on any atom is 0.272 e. The number of carbonyl (C=O) groups excluding carboxylic acids is 1. The molecule has 4 nitrogen and oxygen atoms in total. The maximum atomic E-state index is 12.6. The molecule has 3 rings (SSSR count). The summed E-state index contributed by atoms with van der Waals surface area (Å²) >= 11 is 1.64. The quantitative estimate of drug-likeness (QED) is 0.792. The average Bonchev–Trinajstić information content (AvgIpc) is 3.07. The standard InChI is InChI=1S/C17H18N2O2S/c1-11-12(10-21-3)5-4-6-13(11)18-17(20)15-9-16-14(19(15)2)7-8-22-16/h4-9H,10H2,1-3H3,(H,18,20). The Bertz CT molecular complexity index is 832. The summed E-state index contributed by atoms with van der Waals surface area (Å²) in [5.74, 6) is -0.0939. The van der Waals surface area contributed by atoms with Crippen molar-refractivity contribution in [3.63, 3.8) is 0 Å². The number of hydrogen-bond donors (Lipinski definition) is 1. The van der Waals surface area contributed by atoms with Gasteiger partial charge in [-0.3, -0.25) is 4.79 Å². The summed E-state index contributed by atoms with van der Waals surface area (Å²) in [6, 6.07) is 9.82. The Morgan fingerprint density at radius 3 is 2.91 bits per heavy atom. The van der Waals surface area contributed by atoms with Gasteiger partial charge in [-0.1, -0.05) is 12.1 Å². The lowest BCUT2D eigenvalue weighted by molar-refractivity contribution is 0.101. The summed E-state index contributed by atoms with van der Waals surface area (Å²) in [4.78, 5) is 12.6. The SMILES string of the molecule is COCc1cccc(NC(=O)c2cc3sccc3n2C)c1C. The van der Waals surface area contributed by atoms with Gasteiger partial charge in [-0.25, -0.2) is 0 Å². The van der Waals surface area contributed by atoms with Gasteiger partial charge in [0.1, 0.15) is 5.69 Å². The highest BCUT2D eigenvalue weighted by Gasteiger charge is 2.15. The molecule has 0 aliphatic heterocycles. The molecule has 1 N–H and O–H groups in total. The molecule has 22 heavy (non-hydrogen) atoms. The van der Waals surface area contributed by atoms with Crippen LogP contribution in [0.15, 0.2) is 35.7 Å². The van der Waals surface area contributed by atoms with Gasteiger partial charge in [0, 0.05) is 19.8 Å². The van der Waals surface area contributed by atoms with Crippen LogP contribution in [0.1, 0.15) is 21.6 Å². The van der Waals surface area contributed by atoms with E-state index in [-0.39, 0.29) is 5.91 Å². The fraction of sp³-hybridized carbons (Fsp3) is 0.235. The monoisotopic (exact) mass is 314 g/mol. The Balaban J connectivity index is 1.89. The van der Waals surface area contributed by atoms with E-state index in [2.05, 4.69) is 5.32 Å². The van der Waals surface area contributed by atoms with E-state index in [1.807, 2.05) is 54.3 Å². The zero-order chi connectivity index (χ0) is 15.7. The Morgan fingerprint density at radius 2 is 2.18 bits per heavy atom. The first-order chi connectivity index (χ1) is 10.6. The highest BCUT2D eigenvalue weighted by atomic mass is 32.1. The molecule has 0 atom stereocenters. The van der Waals surface area contributed by atoms with Crippen LogP contribution in [0.3, 0.4) is 0 Å². The molecule has 0 radical (unpaired) electrons. The van der Waals surface area contributed by atoms with E-state index in [1.54, 1.807) is 18.4 Å². The van der Waals surface area contributed by atoms with Crippen LogP contribution in [-0.4, -0.2) is 17.6 Å². The third-order valence-electron chi connectivity index (χ3n) is 3.89. The second-order valence-electron chi connectivity index (χ2n) is 5.24.